The minimum Gasteiger partial charge on any atom is -0.348 e. The molecule has 26 heavy (non-hydrogen) atoms. The summed E-state index contributed by atoms with van der Waals surface area (Å²) in [6.45, 7) is 2.16. The molecule has 3 aromatic heterocycles. The zero-order valence-electron chi connectivity index (χ0n) is 14.3. The van der Waals surface area contributed by atoms with Crippen molar-refractivity contribution in [2.75, 3.05) is 6.54 Å². The highest BCUT2D eigenvalue weighted by Crippen LogP contribution is 2.33. The van der Waals surface area contributed by atoms with E-state index in [9.17, 15) is 9.59 Å². The van der Waals surface area contributed by atoms with Crippen molar-refractivity contribution in [1.29, 1.82) is 0 Å². The second kappa shape index (κ2) is 6.84. The number of nitrogens with one attached hydrogen (secondary N) is 1. The Labute approximate surface area is 154 Å². The number of aromatic amines is 1. The molecule has 0 bridgehead atoms. The predicted molar refractivity (Wildman–Crippen MR) is 98.1 cm³/mol. The summed E-state index contributed by atoms with van der Waals surface area (Å²) in [5, 5.41) is 1.89. The number of carbonyl (C=O) groups is 2. The Bertz CT molecular complexity index is 947. The first-order valence-corrected chi connectivity index (χ1v) is 9.31. The maximum Gasteiger partial charge on any atom is 0.227 e. The van der Waals surface area contributed by atoms with Crippen LogP contribution in [0.1, 0.15) is 45.2 Å². The Hall–Kier alpha value is -2.80. The van der Waals surface area contributed by atoms with E-state index in [1.54, 1.807) is 25.6 Å². The van der Waals surface area contributed by atoms with Crippen LogP contribution in [0.5, 0.6) is 0 Å². The summed E-state index contributed by atoms with van der Waals surface area (Å²) in [7, 11) is 0. The first-order chi connectivity index (χ1) is 12.6. The Kier molecular flexibility index (Phi) is 4.38. The minimum absolute atomic E-state index is 0.0282. The molecule has 1 aliphatic heterocycles. The highest BCUT2D eigenvalue weighted by molar-refractivity contribution is 7.12. The van der Waals surface area contributed by atoms with E-state index >= 15 is 0 Å². The zero-order chi connectivity index (χ0) is 18.1. The summed E-state index contributed by atoms with van der Waals surface area (Å²) in [6, 6.07) is 5.42. The number of pyridine rings is 1. The molecule has 1 amide bonds. The third-order valence-electron chi connectivity index (χ3n) is 4.60. The van der Waals surface area contributed by atoms with E-state index in [0.717, 1.165) is 28.9 Å². The molecule has 4 heterocycles. The maximum atomic E-state index is 13.0. The highest BCUT2D eigenvalue weighted by Gasteiger charge is 2.34. The molecule has 0 fully saturated rings. The number of thiophene rings is 1. The summed E-state index contributed by atoms with van der Waals surface area (Å²) >= 11 is 1.39. The van der Waals surface area contributed by atoms with Crippen LogP contribution in [0.3, 0.4) is 0 Å². The quantitative estimate of drug-likeness (QED) is 0.720. The lowest BCUT2D eigenvalue weighted by atomic mass is 9.96. The van der Waals surface area contributed by atoms with Gasteiger partial charge in [0.15, 0.2) is 5.78 Å². The molecule has 0 saturated carbocycles. The Morgan fingerprint density at radius 1 is 1.42 bits per heavy atom. The van der Waals surface area contributed by atoms with Gasteiger partial charge in [0.1, 0.15) is 6.04 Å². The van der Waals surface area contributed by atoms with Gasteiger partial charge in [-0.05, 0) is 35.6 Å². The number of Topliss-reactive ketones (excluding diaryl/α,β-unsaturated/α-hetero) is 1. The van der Waals surface area contributed by atoms with Gasteiger partial charge < -0.3 is 9.88 Å². The molecular weight excluding hydrogens is 348 g/mol. The van der Waals surface area contributed by atoms with Crippen LogP contribution < -0.4 is 0 Å². The molecule has 3 aromatic rings. The number of amides is 1. The fraction of sp³-hybridized carbons (Fsp3) is 0.263. The fourth-order valence-corrected chi connectivity index (χ4v) is 4.16. The molecule has 4 rings (SSSR count). The molecular formula is C19H18N4O2S. The molecule has 1 aliphatic rings. The number of rotatable bonds is 4. The van der Waals surface area contributed by atoms with Crippen LogP contribution in [-0.4, -0.2) is 38.1 Å². The number of carbonyl (C=O) groups excluding carboxylic acids is 2. The molecule has 0 radical (unpaired) electrons. The largest absolute Gasteiger partial charge is 0.348 e. The lowest BCUT2D eigenvalue weighted by molar-refractivity contribution is -0.132. The van der Waals surface area contributed by atoms with Crippen LogP contribution >= 0.6 is 11.3 Å². The smallest absolute Gasteiger partial charge is 0.227 e. The number of hydrogen-bond donors (Lipinski definition) is 1. The first-order valence-electron chi connectivity index (χ1n) is 8.43. The van der Waals surface area contributed by atoms with Gasteiger partial charge in [0.2, 0.25) is 5.91 Å². The topological polar surface area (TPSA) is 79.0 Å². The molecule has 0 aromatic carbocycles. The monoisotopic (exact) mass is 366 g/mol. The van der Waals surface area contributed by atoms with E-state index in [2.05, 4.69) is 15.0 Å². The molecule has 1 N–H and O–H groups in total. The fourth-order valence-electron chi connectivity index (χ4n) is 3.35. The standard InChI is InChI=1S/C19H18N4O2S/c1-12(24)16-7-13(10-26-16)8-17(25)23-6-4-15-18(22-11-21-15)19(23)14-3-2-5-20-9-14/h2-3,5,7,9-11,19H,4,6,8H2,1H3,(H,21,22)/t19-/m0/s1. The van der Waals surface area contributed by atoms with Crippen molar-refractivity contribution in [3.05, 3.63) is 69.7 Å². The minimum atomic E-state index is -0.239. The van der Waals surface area contributed by atoms with Crippen molar-refractivity contribution in [3.63, 3.8) is 0 Å². The van der Waals surface area contributed by atoms with E-state index in [0.29, 0.717) is 11.4 Å². The van der Waals surface area contributed by atoms with Crippen LogP contribution in [0.15, 0.2) is 42.3 Å². The normalized spacial score (nSPS) is 16.3. The number of aromatic nitrogens is 3. The number of imidazole rings is 1. The SMILES string of the molecule is CC(=O)c1cc(CC(=O)N2CCc3[nH]cnc3[C@@H]2c2cccnc2)cs1. The number of nitrogens with zero attached hydrogens (tertiary/aromatic N) is 3. The van der Waals surface area contributed by atoms with Crippen molar-refractivity contribution in [3.8, 4) is 0 Å². The molecule has 132 valence electrons. The van der Waals surface area contributed by atoms with Crippen molar-refractivity contribution < 1.29 is 9.59 Å². The van der Waals surface area contributed by atoms with Crippen molar-refractivity contribution in [2.45, 2.75) is 25.8 Å². The number of fused-ring (bicyclic) bond motifs is 1. The van der Waals surface area contributed by atoms with Crippen LogP contribution in [0.2, 0.25) is 0 Å². The van der Waals surface area contributed by atoms with Gasteiger partial charge in [-0.25, -0.2) is 4.98 Å². The molecule has 1 atom stereocenters. The third kappa shape index (κ3) is 3.06. The van der Waals surface area contributed by atoms with E-state index in [-0.39, 0.29) is 24.2 Å². The lowest BCUT2D eigenvalue weighted by Crippen LogP contribution is -2.41. The Morgan fingerprint density at radius 2 is 2.31 bits per heavy atom. The molecule has 0 aliphatic carbocycles. The third-order valence-corrected chi connectivity index (χ3v) is 5.68. The average molecular weight is 366 g/mol. The Morgan fingerprint density at radius 3 is 3.04 bits per heavy atom. The van der Waals surface area contributed by atoms with Gasteiger partial charge in [-0.15, -0.1) is 11.3 Å². The summed E-state index contributed by atoms with van der Waals surface area (Å²) in [5.74, 6) is 0.0569. The maximum absolute atomic E-state index is 13.0. The summed E-state index contributed by atoms with van der Waals surface area (Å²) in [6.07, 6.45) is 6.21. The van der Waals surface area contributed by atoms with E-state index < -0.39 is 0 Å². The van der Waals surface area contributed by atoms with Gasteiger partial charge in [0, 0.05) is 31.1 Å². The van der Waals surface area contributed by atoms with Gasteiger partial charge in [0.05, 0.1) is 23.3 Å². The summed E-state index contributed by atoms with van der Waals surface area (Å²) in [4.78, 5) is 38.9. The second-order valence-electron chi connectivity index (χ2n) is 6.34. The molecule has 7 heteroatoms. The molecule has 0 unspecified atom stereocenters. The predicted octanol–water partition coefficient (Wildman–Crippen LogP) is 2.79. The molecule has 6 nitrogen and oxygen atoms in total. The molecule has 0 spiro atoms. The lowest BCUT2D eigenvalue weighted by Gasteiger charge is -2.35. The molecule has 0 saturated heterocycles. The second-order valence-corrected chi connectivity index (χ2v) is 7.26. The van der Waals surface area contributed by atoms with Crippen molar-refractivity contribution >= 4 is 23.0 Å². The van der Waals surface area contributed by atoms with E-state index in [1.165, 1.54) is 11.3 Å². The van der Waals surface area contributed by atoms with E-state index in [1.807, 2.05) is 28.5 Å². The van der Waals surface area contributed by atoms with E-state index in [4.69, 9.17) is 0 Å². The zero-order valence-corrected chi connectivity index (χ0v) is 15.1. The van der Waals surface area contributed by atoms with Crippen LogP contribution in [-0.2, 0) is 17.6 Å². The first kappa shape index (κ1) is 16.7. The van der Waals surface area contributed by atoms with Crippen LogP contribution in [0, 0.1) is 0 Å². The van der Waals surface area contributed by atoms with Gasteiger partial charge in [-0.1, -0.05) is 6.07 Å². The number of hydrogen-bond acceptors (Lipinski definition) is 5. The Balaban J connectivity index is 1.63. The van der Waals surface area contributed by atoms with Crippen LogP contribution in [0.25, 0.3) is 0 Å². The van der Waals surface area contributed by atoms with Gasteiger partial charge in [-0.3, -0.25) is 14.6 Å². The summed E-state index contributed by atoms with van der Waals surface area (Å²) in [5.41, 5.74) is 3.77. The number of ketones is 1. The highest BCUT2D eigenvalue weighted by atomic mass is 32.1. The van der Waals surface area contributed by atoms with Crippen molar-refractivity contribution in [1.82, 2.24) is 19.9 Å². The van der Waals surface area contributed by atoms with Gasteiger partial charge >= 0.3 is 0 Å². The summed E-state index contributed by atoms with van der Waals surface area (Å²) < 4.78 is 0. The van der Waals surface area contributed by atoms with Gasteiger partial charge in [-0.2, -0.15) is 0 Å². The van der Waals surface area contributed by atoms with Gasteiger partial charge in [0.25, 0.3) is 0 Å². The van der Waals surface area contributed by atoms with Crippen molar-refractivity contribution in [2.24, 2.45) is 0 Å². The van der Waals surface area contributed by atoms with Crippen LogP contribution in [0.4, 0.5) is 0 Å². The number of H-pyrrole nitrogens is 1. The average Bonchev–Trinajstić information content (AvgIpc) is 3.30.